The lowest BCUT2D eigenvalue weighted by Crippen LogP contribution is -2.25. The summed E-state index contributed by atoms with van der Waals surface area (Å²) in [7, 11) is 0. The Morgan fingerprint density at radius 1 is 1.27 bits per heavy atom. The lowest BCUT2D eigenvalue weighted by atomic mass is 10.0. The van der Waals surface area contributed by atoms with Gasteiger partial charge in [0.05, 0.1) is 29.9 Å². The van der Waals surface area contributed by atoms with Crippen molar-refractivity contribution in [3.8, 4) is 0 Å². The first-order valence-electron chi connectivity index (χ1n) is 8.20. The van der Waals surface area contributed by atoms with Gasteiger partial charge in [0.2, 0.25) is 0 Å². The summed E-state index contributed by atoms with van der Waals surface area (Å²) in [5, 5.41) is 10.9. The van der Waals surface area contributed by atoms with Crippen LogP contribution in [0.15, 0.2) is 35.4 Å². The summed E-state index contributed by atoms with van der Waals surface area (Å²) >= 11 is 1.49. The van der Waals surface area contributed by atoms with Crippen molar-refractivity contribution in [1.29, 1.82) is 0 Å². The average molecular weight is 380 g/mol. The average Bonchev–Trinajstić information content (AvgIpc) is 3.17. The maximum Gasteiger partial charge on any atom is 0.416 e. The normalized spacial score (nSPS) is 15.4. The fourth-order valence-electron chi connectivity index (χ4n) is 3.48. The molecule has 3 aromatic rings. The molecule has 2 aromatic heterocycles. The highest BCUT2D eigenvalue weighted by molar-refractivity contribution is 7.18. The number of rotatable bonds is 3. The lowest BCUT2D eigenvalue weighted by Gasteiger charge is -2.18. The molecule has 0 aliphatic heterocycles. The summed E-state index contributed by atoms with van der Waals surface area (Å²) in [5.74, 6) is 0. The summed E-state index contributed by atoms with van der Waals surface area (Å²) in [5.41, 5.74) is -0.450. The number of thiophene rings is 1. The first-order chi connectivity index (χ1) is 12.4. The highest BCUT2D eigenvalue weighted by Crippen LogP contribution is 2.36. The number of hydrogen-bond donors (Lipinski definition) is 1. The van der Waals surface area contributed by atoms with Crippen LogP contribution in [0.2, 0.25) is 0 Å². The molecular formula is C18H15F3N2O2S. The van der Waals surface area contributed by atoms with Crippen LogP contribution < -0.4 is 5.56 Å². The van der Waals surface area contributed by atoms with Crippen molar-refractivity contribution in [2.45, 2.75) is 38.1 Å². The summed E-state index contributed by atoms with van der Waals surface area (Å²) in [6.45, 7) is -0.278. The molecule has 4 nitrogen and oxygen atoms in total. The molecule has 1 aliphatic rings. The number of aliphatic hydroxyl groups excluding tert-OH is 1. The molecule has 0 unspecified atom stereocenters. The van der Waals surface area contributed by atoms with Gasteiger partial charge < -0.3 is 5.11 Å². The number of aliphatic hydroxyl groups is 1. The number of benzene rings is 1. The van der Waals surface area contributed by atoms with Gasteiger partial charge in [-0.15, -0.1) is 11.3 Å². The van der Waals surface area contributed by atoms with Gasteiger partial charge in [-0.05, 0) is 36.5 Å². The number of nitrogens with zero attached hydrogens (tertiary/aromatic N) is 2. The zero-order valence-electron chi connectivity index (χ0n) is 13.6. The van der Waals surface area contributed by atoms with Crippen molar-refractivity contribution < 1.29 is 18.3 Å². The third-order valence-corrected chi connectivity index (χ3v) is 5.89. The van der Waals surface area contributed by atoms with E-state index in [4.69, 9.17) is 0 Å². The maximum atomic E-state index is 13.2. The molecule has 1 atom stereocenters. The summed E-state index contributed by atoms with van der Waals surface area (Å²) in [6, 6.07) is 4.86. The van der Waals surface area contributed by atoms with Gasteiger partial charge >= 0.3 is 6.18 Å². The van der Waals surface area contributed by atoms with Crippen LogP contribution >= 0.6 is 11.3 Å². The molecule has 8 heteroatoms. The van der Waals surface area contributed by atoms with E-state index in [1.54, 1.807) is 0 Å². The Kier molecular flexibility index (Phi) is 4.11. The monoisotopic (exact) mass is 380 g/mol. The fourth-order valence-corrected chi connectivity index (χ4v) is 4.70. The Balaban J connectivity index is 1.72. The molecule has 0 fully saturated rings. The second-order valence-corrected chi connectivity index (χ2v) is 7.42. The van der Waals surface area contributed by atoms with Gasteiger partial charge in [0, 0.05) is 4.88 Å². The number of halogens is 3. The molecule has 26 heavy (non-hydrogen) atoms. The van der Waals surface area contributed by atoms with Crippen LogP contribution in [-0.2, 0) is 25.6 Å². The Bertz CT molecular complexity index is 1040. The first kappa shape index (κ1) is 17.2. The zero-order chi connectivity index (χ0) is 18.5. The smallest absolute Gasteiger partial charge is 0.387 e. The predicted octanol–water partition coefficient (Wildman–Crippen LogP) is 3.70. The third-order valence-electron chi connectivity index (χ3n) is 4.69. The van der Waals surface area contributed by atoms with Crippen LogP contribution in [0.4, 0.5) is 13.2 Å². The van der Waals surface area contributed by atoms with E-state index in [0.29, 0.717) is 10.2 Å². The topological polar surface area (TPSA) is 55.1 Å². The highest BCUT2D eigenvalue weighted by atomic mass is 32.1. The second kappa shape index (κ2) is 6.21. The van der Waals surface area contributed by atoms with Gasteiger partial charge in [-0.25, -0.2) is 4.98 Å². The fraction of sp³-hybridized carbons (Fsp3) is 0.333. The van der Waals surface area contributed by atoms with Gasteiger partial charge in [-0.2, -0.15) is 13.2 Å². The minimum Gasteiger partial charge on any atom is -0.387 e. The molecule has 0 radical (unpaired) electrons. The van der Waals surface area contributed by atoms with E-state index >= 15 is 0 Å². The molecule has 1 N–H and O–H groups in total. The molecule has 0 bridgehead atoms. The highest BCUT2D eigenvalue weighted by Gasteiger charge is 2.34. The molecule has 0 spiro atoms. The van der Waals surface area contributed by atoms with Crippen LogP contribution in [0, 0.1) is 0 Å². The first-order valence-corrected chi connectivity index (χ1v) is 9.02. The number of alkyl halides is 3. The molecule has 136 valence electrons. The number of aryl methyl sites for hydroxylation is 2. The minimum atomic E-state index is -4.57. The van der Waals surface area contributed by atoms with Gasteiger partial charge in [0.1, 0.15) is 4.83 Å². The third kappa shape index (κ3) is 2.83. The number of fused-ring (bicyclic) bond motifs is 3. The quantitative estimate of drug-likeness (QED) is 0.754. The van der Waals surface area contributed by atoms with E-state index in [1.807, 2.05) is 0 Å². The largest absolute Gasteiger partial charge is 0.416 e. The molecule has 0 saturated carbocycles. The van der Waals surface area contributed by atoms with Crippen molar-refractivity contribution in [2.24, 2.45) is 0 Å². The van der Waals surface area contributed by atoms with Crippen LogP contribution in [-0.4, -0.2) is 14.7 Å². The number of aromatic nitrogens is 2. The van der Waals surface area contributed by atoms with Gasteiger partial charge in [0.25, 0.3) is 5.56 Å². The SMILES string of the molecule is O=c1c2c3c(sc2ncn1C[C@@H](O)c1ccccc1C(F)(F)F)CCC3. The van der Waals surface area contributed by atoms with Crippen LogP contribution in [0.25, 0.3) is 10.2 Å². The van der Waals surface area contributed by atoms with E-state index in [9.17, 15) is 23.1 Å². The van der Waals surface area contributed by atoms with E-state index in [-0.39, 0.29) is 17.7 Å². The molecule has 1 aliphatic carbocycles. The Morgan fingerprint density at radius 2 is 2.04 bits per heavy atom. The summed E-state index contributed by atoms with van der Waals surface area (Å²) in [6.07, 6.45) is -1.99. The van der Waals surface area contributed by atoms with Crippen LogP contribution in [0.3, 0.4) is 0 Å². The summed E-state index contributed by atoms with van der Waals surface area (Å²) in [4.78, 5) is 18.9. The molecule has 1 aromatic carbocycles. The molecular weight excluding hydrogens is 365 g/mol. The number of hydrogen-bond acceptors (Lipinski definition) is 4. The van der Waals surface area contributed by atoms with E-state index in [0.717, 1.165) is 35.8 Å². The maximum absolute atomic E-state index is 13.2. The van der Waals surface area contributed by atoms with E-state index in [1.165, 1.54) is 40.4 Å². The lowest BCUT2D eigenvalue weighted by molar-refractivity contribution is -0.139. The van der Waals surface area contributed by atoms with Gasteiger partial charge in [-0.1, -0.05) is 18.2 Å². The van der Waals surface area contributed by atoms with Gasteiger partial charge in [-0.3, -0.25) is 9.36 Å². The van der Waals surface area contributed by atoms with Crippen LogP contribution in [0.1, 0.15) is 34.1 Å². The molecule has 2 heterocycles. The Morgan fingerprint density at radius 3 is 2.81 bits per heavy atom. The second-order valence-electron chi connectivity index (χ2n) is 6.34. The molecule has 4 rings (SSSR count). The Hall–Kier alpha value is -2.19. The van der Waals surface area contributed by atoms with Crippen LogP contribution in [0.5, 0.6) is 0 Å². The van der Waals surface area contributed by atoms with Crippen molar-refractivity contribution in [1.82, 2.24) is 9.55 Å². The van der Waals surface area contributed by atoms with Crippen molar-refractivity contribution in [2.75, 3.05) is 0 Å². The van der Waals surface area contributed by atoms with E-state index < -0.39 is 17.8 Å². The predicted molar refractivity (Wildman–Crippen MR) is 92.3 cm³/mol. The summed E-state index contributed by atoms with van der Waals surface area (Å²) < 4.78 is 40.7. The van der Waals surface area contributed by atoms with Crippen molar-refractivity contribution in [3.63, 3.8) is 0 Å². The van der Waals surface area contributed by atoms with Crippen molar-refractivity contribution >= 4 is 21.6 Å². The molecule has 0 amide bonds. The van der Waals surface area contributed by atoms with Gasteiger partial charge in [0.15, 0.2) is 0 Å². The molecule has 0 saturated heterocycles. The standard InChI is InChI=1S/C18H15F3N2O2S/c19-18(20,21)12-6-2-1-4-10(12)13(24)8-23-9-22-16-15(17(23)25)11-5-3-7-14(11)26-16/h1-2,4,6,9,13,24H,3,5,7-8H2/t13-/m1/s1. The zero-order valence-corrected chi connectivity index (χ0v) is 14.4. The van der Waals surface area contributed by atoms with E-state index in [2.05, 4.69) is 4.98 Å². The van der Waals surface area contributed by atoms with Crippen molar-refractivity contribution in [3.05, 3.63) is 62.5 Å². The minimum absolute atomic E-state index is 0.248. The Labute approximate surface area is 150 Å².